The van der Waals surface area contributed by atoms with Crippen molar-refractivity contribution in [1.82, 2.24) is 0 Å². The highest BCUT2D eigenvalue weighted by Gasteiger charge is 1.72. The van der Waals surface area contributed by atoms with Gasteiger partial charge in [0.15, 0.2) is 0 Å². The highest BCUT2D eigenvalue weighted by Crippen LogP contribution is 1.95. The Morgan fingerprint density at radius 2 is 1.50 bits per heavy atom. The first-order valence-corrected chi connectivity index (χ1v) is 2.20. The van der Waals surface area contributed by atoms with E-state index in [4.69, 9.17) is 5.73 Å². The Bertz CT molecular complexity index is 138. The summed E-state index contributed by atoms with van der Waals surface area (Å²) in [6.07, 6.45) is 0. The second kappa shape index (κ2) is 3.13. The number of rotatable bonds is 0. The maximum absolute atomic E-state index is 5.36. The van der Waals surface area contributed by atoms with Crippen LogP contribution in [0.5, 0.6) is 0 Å². The number of hydrogen-bond acceptors (Lipinski definition) is 1. The Kier molecular flexibility index (Phi) is 2.78. The average molecular weight is 98.2 g/mol. The lowest BCUT2D eigenvalue weighted by Crippen LogP contribution is -1.79. The Morgan fingerprint density at radius 3 is 1.75 bits per heavy atom. The zero-order chi connectivity index (χ0) is 5.11. The van der Waals surface area contributed by atoms with E-state index < -0.39 is 0 Å². The SMILES string of the molecule is Nc1ccccc1.[2BH3]. The zero-order valence-corrected chi connectivity index (χ0v) is 3.96. The number of anilines is 1. The van der Waals surface area contributed by atoms with E-state index >= 15 is 0 Å². The van der Waals surface area contributed by atoms with Gasteiger partial charge in [0.1, 0.15) is 0 Å². The second-order valence-corrected chi connectivity index (χ2v) is 1.41. The third-order valence-corrected chi connectivity index (χ3v) is 0.800. The summed E-state index contributed by atoms with van der Waals surface area (Å²) in [5.41, 5.74) is 6.18. The first kappa shape index (κ1) is 7.08. The van der Waals surface area contributed by atoms with Crippen LogP contribution in [0.1, 0.15) is 0 Å². The molecule has 0 aliphatic rings. The molecular weight excluding hydrogens is 88.1 g/mol. The molecule has 1 aromatic rings. The van der Waals surface area contributed by atoms with Gasteiger partial charge in [-0.1, -0.05) is 18.2 Å². The maximum Gasteiger partial charge on any atom is 0.0814 e. The first-order chi connectivity index (χ1) is 3.39. The fourth-order valence-electron chi connectivity index (χ4n) is 0.453. The lowest BCUT2D eigenvalue weighted by atomic mass is 2.00. The summed E-state index contributed by atoms with van der Waals surface area (Å²) >= 11 is 0. The smallest absolute Gasteiger partial charge is 0.0814 e. The molecule has 2 heteroatoms. The minimum Gasteiger partial charge on any atom is -0.399 e. The molecule has 1 rings (SSSR count). The van der Waals surface area contributed by atoms with Crippen molar-refractivity contribution in [2.75, 3.05) is 5.73 Å². The topological polar surface area (TPSA) is 26.0 Å². The summed E-state index contributed by atoms with van der Waals surface area (Å²) < 4.78 is 0. The fraction of sp³-hybridized carbons (Fsp3) is 0. The van der Waals surface area contributed by atoms with Gasteiger partial charge < -0.3 is 5.73 Å². The highest BCUT2D eigenvalue weighted by molar-refractivity contribution is 5.75. The molecule has 1 nitrogen and oxygen atoms in total. The molecule has 0 unspecified atom stereocenters. The summed E-state index contributed by atoms with van der Waals surface area (Å²) in [6, 6.07) is 9.49. The highest BCUT2D eigenvalue weighted by atomic mass is 14.5. The zero-order valence-electron chi connectivity index (χ0n) is 3.96. The predicted octanol–water partition coefficient (Wildman–Crippen LogP) is 0.0849. The molecule has 0 spiro atoms. The molecule has 8 heavy (non-hydrogen) atoms. The van der Waals surface area contributed by atoms with Gasteiger partial charge in [-0.25, -0.2) is 0 Å². The van der Waals surface area contributed by atoms with Crippen molar-refractivity contribution in [2.24, 2.45) is 0 Å². The summed E-state index contributed by atoms with van der Waals surface area (Å²) in [7, 11) is 0. The van der Waals surface area contributed by atoms with Crippen LogP contribution < -0.4 is 5.73 Å². The van der Waals surface area contributed by atoms with E-state index in [9.17, 15) is 0 Å². The quantitative estimate of drug-likeness (QED) is 0.361. The van der Waals surface area contributed by atoms with Crippen molar-refractivity contribution >= 4 is 14.1 Å². The minimum atomic E-state index is 0. The van der Waals surface area contributed by atoms with Gasteiger partial charge in [0.2, 0.25) is 0 Å². The van der Waals surface area contributed by atoms with Gasteiger partial charge in [-0.15, -0.1) is 0 Å². The molecule has 0 fully saturated rings. The van der Waals surface area contributed by atoms with Gasteiger partial charge in [0.25, 0.3) is 0 Å². The van der Waals surface area contributed by atoms with Crippen LogP contribution in [0, 0.1) is 0 Å². The van der Waals surface area contributed by atoms with Gasteiger partial charge in [0, 0.05) is 5.69 Å². The van der Waals surface area contributed by atoms with Gasteiger partial charge in [-0.2, -0.15) is 0 Å². The van der Waals surface area contributed by atoms with Crippen molar-refractivity contribution in [3.8, 4) is 0 Å². The van der Waals surface area contributed by atoms with Gasteiger partial charge in [-0.3, -0.25) is 0 Å². The van der Waals surface area contributed by atoms with Gasteiger partial charge >= 0.3 is 0 Å². The Labute approximate surface area is 51.1 Å². The van der Waals surface area contributed by atoms with E-state index in [1.807, 2.05) is 30.3 Å². The van der Waals surface area contributed by atoms with E-state index in [0.717, 1.165) is 5.69 Å². The van der Waals surface area contributed by atoms with Crippen LogP contribution in [0.2, 0.25) is 0 Å². The summed E-state index contributed by atoms with van der Waals surface area (Å²) in [4.78, 5) is 0. The summed E-state index contributed by atoms with van der Waals surface area (Å²) in [5.74, 6) is 0. The predicted molar refractivity (Wildman–Crippen MR) is 40.8 cm³/mol. The van der Waals surface area contributed by atoms with Crippen LogP contribution in [0.4, 0.5) is 5.69 Å². The second-order valence-electron chi connectivity index (χ2n) is 1.41. The van der Waals surface area contributed by atoms with E-state index in [1.54, 1.807) is 0 Å². The van der Waals surface area contributed by atoms with Crippen molar-refractivity contribution in [2.45, 2.75) is 0 Å². The van der Waals surface area contributed by atoms with E-state index in [1.165, 1.54) is 0 Å². The largest absolute Gasteiger partial charge is 0.399 e. The normalized spacial score (nSPS) is 7.50. The maximum atomic E-state index is 5.36. The monoisotopic (exact) mass is 98.1 g/mol. The third kappa shape index (κ3) is 1.69. The van der Waals surface area contributed by atoms with Gasteiger partial charge in [0.05, 0.1) is 8.41 Å². The molecule has 0 amide bonds. The van der Waals surface area contributed by atoms with Crippen LogP contribution in [0.25, 0.3) is 0 Å². The molecule has 42 valence electrons. The number of hydrogen-bond donors (Lipinski definition) is 1. The first-order valence-electron chi connectivity index (χ1n) is 2.20. The molecule has 0 heterocycles. The van der Waals surface area contributed by atoms with E-state index in [2.05, 4.69) is 0 Å². The molecule has 0 bridgehead atoms. The molecule has 0 radical (unpaired) electrons. The van der Waals surface area contributed by atoms with Crippen LogP contribution in [-0.2, 0) is 0 Å². The van der Waals surface area contributed by atoms with Crippen molar-refractivity contribution < 1.29 is 0 Å². The average Bonchev–Trinajstić information content (AvgIpc) is 1.69. The fourth-order valence-corrected chi connectivity index (χ4v) is 0.453. The number of nitrogens with two attached hydrogens (primary N) is 1. The summed E-state index contributed by atoms with van der Waals surface area (Å²) in [5, 5.41) is 0. The Hall–Kier alpha value is -0.915. The lowest BCUT2D eigenvalue weighted by Gasteiger charge is -1.83. The molecule has 0 aromatic heterocycles. The number of para-hydroxylation sites is 1. The van der Waals surface area contributed by atoms with Crippen LogP contribution in [0.3, 0.4) is 0 Å². The van der Waals surface area contributed by atoms with Crippen LogP contribution in [-0.4, -0.2) is 8.41 Å². The molecule has 0 aliphatic heterocycles. The molecule has 0 aliphatic carbocycles. The standard InChI is InChI=1S/C6H7N.BH3/c7-6-4-2-1-3-5-6;/h1-5H,7H2;1H3/i;1-9. The minimum absolute atomic E-state index is 0. The lowest BCUT2D eigenvalue weighted by molar-refractivity contribution is 1.69. The van der Waals surface area contributed by atoms with Crippen molar-refractivity contribution in [3.63, 3.8) is 0 Å². The Balaban J connectivity index is 0.000000490. The molecule has 0 saturated carbocycles. The molecule has 0 atom stereocenters. The van der Waals surface area contributed by atoms with Crippen LogP contribution in [0.15, 0.2) is 30.3 Å². The van der Waals surface area contributed by atoms with Crippen LogP contribution >= 0.6 is 0 Å². The number of benzene rings is 1. The van der Waals surface area contributed by atoms with Crippen molar-refractivity contribution in [3.05, 3.63) is 30.3 Å². The third-order valence-electron chi connectivity index (χ3n) is 0.800. The van der Waals surface area contributed by atoms with E-state index in [0.29, 0.717) is 0 Å². The molecule has 1 aromatic carbocycles. The number of nitrogen functional groups attached to an aromatic ring is 1. The molecule has 0 saturated heterocycles. The van der Waals surface area contributed by atoms with Crippen molar-refractivity contribution in [1.29, 1.82) is 0 Å². The summed E-state index contributed by atoms with van der Waals surface area (Å²) in [6.45, 7) is 0. The van der Waals surface area contributed by atoms with Gasteiger partial charge in [-0.05, 0) is 12.1 Å². The van der Waals surface area contributed by atoms with E-state index in [-0.39, 0.29) is 8.41 Å². The Morgan fingerprint density at radius 1 is 1.00 bits per heavy atom. The molecule has 2 N–H and O–H groups in total. The molecular formula is C6H10BN.